The van der Waals surface area contributed by atoms with Crippen molar-refractivity contribution in [3.05, 3.63) is 77.1 Å². The van der Waals surface area contributed by atoms with Crippen LogP contribution in [-0.2, 0) is 17.8 Å². The number of hydrogen-bond donors (Lipinski definition) is 0. The van der Waals surface area contributed by atoms with Gasteiger partial charge in [0.25, 0.3) is 0 Å². The molecule has 0 N–H and O–H groups in total. The van der Waals surface area contributed by atoms with Gasteiger partial charge in [0, 0.05) is 24.3 Å². The van der Waals surface area contributed by atoms with Gasteiger partial charge in [-0.2, -0.15) is 5.10 Å². The van der Waals surface area contributed by atoms with Gasteiger partial charge >= 0.3 is 0 Å². The third-order valence-corrected chi connectivity index (χ3v) is 5.04. The predicted octanol–water partition coefficient (Wildman–Crippen LogP) is 4.09. The lowest BCUT2D eigenvalue weighted by Gasteiger charge is -2.21. The van der Waals surface area contributed by atoms with Crippen molar-refractivity contribution in [2.24, 2.45) is 0 Å². The number of likely N-dealkylation sites (N-methyl/N-ethyl adjacent to an activating group) is 1. The molecule has 0 aliphatic carbocycles. The molecular weight excluding hydrogens is 350 g/mol. The van der Waals surface area contributed by atoms with E-state index in [9.17, 15) is 4.79 Å². The highest BCUT2D eigenvalue weighted by Crippen LogP contribution is 2.20. The van der Waals surface area contributed by atoms with Crippen molar-refractivity contribution in [2.45, 2.75) is 33.7 Å². The van der Waals surface area contributed by atoms with Crippen LogP contribution in [0.25, 0.3) is 5.69 Å². The van der Waals surface area contributed by atoms with E-state index in [2.05, 4.69) is 5.10 Å². The highest BCUT2D eigenvalue weighted by Gasteiger charge is 2.19. The van der Waals surface area contributed by atoms with E-state index in [4.69, 9.17) is 4.74 Å². The first-order chi connectivity index (χ1) is 13.5. The standard InChI is InChI=1S/C23H27N3O2/c1-5-25(16-19-11-13-21(28-4)14-12-19)23(27)15-22-17(2)24-26(18(22)3)20-9-7-6-8-10-20/h6-14H,5,15-16H2,1-4H3. The second-order valence-electron chi connectivity index (χ2n) is 6.83. The summed E-state index contributed by atoms with van der Waals surface area (Å²) in [6, 6.07) is 17.8. The second kappa shape index (κ2) is 8.74. The number of rotatable bonds is 7. The number of amides is 1. The maximum atomic E-state index is 13.0. The summed E-state index contributed by atoms with van der Waals surface area (Å²) in [6.45, 7) is 7.25. The van der Waals surface area contributed by atoms with E-state index >= 15 is 0 Å². The van der Waals surface area contributed by atoms with Gasteiger partial charge in [0.2, 0.25) is 5.91 Å². The molecule has 2 aromatic carbocycles. The molecule has 3 aromatic rings. The number of para-hydroxylation sites is 1. The molecule has 3 rings (SSSR count). The lowest BCUT2D eigenvalue weighted by Crippen LogP contribution is -2.31. The third-order valence-electron chi connectivity index (χ3n) is 5.04. The van der Waals surface area contributed by atoms with Gasteiger partial charge in [-0.15, -0.1) is 0 Å². The van der Waals surface area contributed by atoms with Crippen molar-refractivity contribution >= 4 is 5.91 Å². The molecule has 0 aliphatic heterocycles. The second-order valence-corrected chi connectivity index (χ2v) is 6.83. The van der Waals surface area contributed by atoms with E-state index < -0.39 is 0 Å². The number of aromatic nitrogens is 2. The Morgan fingerprint density at radius 1 is 1.07 bits per heavy atom. The first-order valence-corrected chi connectivity index (χ1v) is 9.54. The Balaban J connectivity index is 1.76. The van der Waals surface area contributed by atoms with Gasteiger partial charge in [0.15, 0.2) is 0 Å². The molecule has 146 valence electrons. The number of carbonyl (C=O) groups excluding carboxylic acids is 1. The summed E-state index contributed by atoms with van der Waals surface area (Å²) >= 11 is 0. The molecule has 5 heteroatoms. The average Bonchev–Trinajstić information content (AvgIpc) is 3.01. The summed E-state index contributed by atoms with van der Waals surface area (Å²) < 4.78 is 7.12. The SMILES string of the molecule is CCN(Cc1ccc(OC)cc1)C(=O)Cc1c(C)nn(-c2ccccc2)c1C. The van der Waals surface area contributed by atoms with Crippen molar-refractivity contribution < 1.29 is 9.53 Å². The van der Waals surface area contributed by atoms with Gasteiger partial charge in [-0.3, -0.25) is 4.79 Å². The first-order valence-electron chi connectivity index (χ1n) is 9.54. The Kier molecular flexibility index (Phi) is 6.14. The van der Waals surface area contributed by atoms with Crippen LogP contribution in [0.15, 0.2) is 54.6 Å². The van der Waals surface area contributed by atoms with Gasteiger partial charge in [0.05, 0.1) is 24.9 Å². The minimum Gasteiger partial charge on any atom is -0.497 e. The summed E-state index contributed by atoms with van der Waals surface area (Å²) in [6.07, 6.45) is 0.356. The molecule has 28 heavy (non-hydrogen) atoms. The van der Waals surface area contributed by atoms with Gasteiger partial charge in [0.1, 0.15) is 5.75 Å². The fraction of sp³-hybridized carbons (Fsp3) is 0.304. The smallest absolute Gasteiger partial charge is 0.227 e. The number of hydrogen-bond acceptors (Lipinski definition) is 3. The van der Waals surface area contributed by atoms with Crippen molar-refractivity contribution in [2.75, 3.05) is 13.7 Å². The quantitative estimate of drug-likeness (QED) is 0.623. The molecule has 0 bridgehead atoms. The minimum atomic E-state index is 0.108. The van der Waals surface area contributed by atoms with Crippen LogP contribution in [0.5, 0.6) is 5.75 Å². The maximum absolute atomic E-state index is 13.0. The van der Waals surface area contributed by atoms with Gasteiger partial charge in [-0.05, 0) is 50.6 Å². The molecule has 0 radical (unpaired) electrons. The molecule has 0 saturated carbocycles. The van der Waals surface area contributed by atoms with E-state index in [-0.39, 0.29) is 5.91 Å². The van der Waals surface area contributed by atoms with Crippen LogP contribution in [0.1, 0.15) is 29.4 Å². The molecular formula is C23H27N3O2. The first kappa shape index (κ1) is 19.7. The maximum Gasteiger partial charge on any atom is 0.227 e. The number of nitrogens with zero attached hydrogens (tertiary/aromatic N) is 3. The Bertz CT molecular complexity index is 930. The molecule has 1 aromatic heterocycles. The van der Waals surface area contributed by atoms with Crippen LogP contribution in [0.3, 0.4) is 0 Å². The molecule has 5 nitrogen and oxygen atoms in total. The summed E-state index contributed by atoms with van der Waals surface area (Å²) in [5.74, 6) is 0.926. The van der Waals surface area contributed by atoms with Crippen molar-refractivity contribution in [3.8, 4) is 11.4 Å². The van der Waals surface area contributed by atoms with Crippen LogP contribution >= 0.6 is 0 Å². The van der Waals surface area contributed by atoms with E-state index in [1.54, 1.807) is 7.11 Å². The van der Waals surface area contributed by atoms with Crippen molar-refractivity contribution in [3.63, 3.8) is 0 Å². The Labute approximate surface area is 166 Å². The van der Waals surface area contributed by atoms with Crippen LogP contribution in [0.4, 0.5) is 0 Å². The Hall–Kier alpha value is -3.08. The van der Waals surface area contributed by atoms with E-state index in [1.807, 2.05) is 85.0 Å². The number of methoxy groups -OCH3 is 1. The van der Waals surface area contributed by atoms with Crippen LogP contribution in [0, 0.1) is 13.8 Å². The van der Waals surface area contributed by atoms with Gasteiger partial charge in [-0.1, -0.05) is 30.3 Å². The molecule has 0 aliphatic rings. The molecule has 0 atom stereocenters. The molecule has 1 heterocycles. The van der Waals surface area contributed by atoms with Crippen LogP contribution < -0.4 is 4.74 Å². The zero-order chi connectivity index (χ0) is 20.1. The normalized spacial score (nSPS) is 10.7. The molecule has 0 saturated heterocycles. The van der Waals surface area contributed by atoms with Crippen molar-refractivity contribution in [1.29, 1.82) is 0 Å². The molecule has 0 fully saturated rings. The lowest BCUT2D eigenvalue weighted by atomic mass is 10.1. The summed E-state index contributed by atoms with van der Waals surface area (Å²) in [7, 11) is 1.65. The van der Waals surface area contributed by atoms with Gasteiger partial charge < -0.3 is 9.64 Å². The topological polar surface area (TPSA) is 47.4 Å². The van der Waals surface area contributed by atoms with Crippen LogP contribution in [-0.4, -0.2) is 34.2 Å². The Morgan fingerprint density at radius 3 is 2.36 bits per heavy atom. The minimum absolute atomic E-state index is 0.108. The summed E-state index contributed by atoms with van der Waals surface area (Å²) in [5, 5.41) is 4.65. The van der Waals surface area contributed by atoms with E-state index in [1.165, 1.54) is 0 Å². The highest BCUT2D eigenvalue weighted by molar-refractivity contribution is 5.79. The summed E-state index contributed by atoms with van der Waals surface area (Å²) in [5.41, 5.74) is 5.01. The fourth-order valence-electron chi connectivity index (χ4n) is 3.34. The zero-order valence-corrected chi connectivity index (χ0v) is 17.0. The number of carbonyl (C=O) groups is 1. The lowest BCUT2D eigenvalue weighted by molar-refractivity contribution is -0.130. The molecule has 0 unspecified atom stereocenters. The average molecular weight is 377 g/mol. The molecule has 1 amide bonds. The Morgan fingerprint density at radius 2 is 1.75 bits per heavy atom. The highest BCUT2D eigenvalue weighted by atomic mass is 16.5. The third kappa shape index (κ3) is 4.25. The number of aryl methyl sites for hydroxylation is 1. The number of benzene rings is 2. The predicted molar refractivity (Wildman–Crippen MR) is 111 cm³/mol. The monoisotopic (exact) mass is 377 g/mol. The van der Waals surface area contributed by atoms with Crippen LogP contribution in [0.2, 0.25) is 0 Å². The number of ether oxygens (including phenoxy) is 1. The van der Waals surface area contributed by atoms with Crippen molar-refractivity contribution in [1.82, 2.24) is 14.7 Å². The largest absolute Gasteiger partial charge is 0.497 e. The van der Waals surface area contributed by atoms with Gasteiger partial charge in [-0.25, -0.2) is 4.68 Å². The summed E-state index contributed by atoms with van der Waals surface area (Å²) in [4.78, 5) is 14.9. The zero-order valence-electron chi connectivity index (χ0n) is 17.0. The molecule has 0 spiro atoms. The van der Waals surface area contributed by atoms with E-state index in [0.29, 0.717) is 19.5 Å². The fourth-order valence-corrected chi connectivity index (χ4v) is 3.34. The van der Waals surface area contributed by atoms with E-state index in [0.717, 1.165) is 34.0 Å².